The van der Waals surface area contributed by atoms with Crippen LogP contribution in [0.5, 0.6) is 0 Å². The zero-order valence-electron chi connectivity index (χ0n) is 9.50. The van der Waals surface area contributed by atoms with Gasteiger partial charge in [0.15, 0.2) is 0 Å². The summed E-state index contributed by atoms with van der Waals surface area (Å²) in [5.41, 5.74) is 4.36. The van der Waals surface area contributed by atoms with Gasteiger partial charge >= 0.3 is 0 Å². The Morgan fingerprint density at radius 3 is 2.47 bits per heavy atom. The molecule has 0 saturated carbocycles. The molecule has 0 spiro atoms. The predicted molar refractivity (Wildman–Crippen MR) is 68.4 cm³/mol. The van der Waals surface area contributed by atoms with E-state index < -0.39 is 0 Å². The highest BCUT2D eigenvalue weighted by atomic mass is 19.1. The van der Waals surface area contributed by atoms with Crippen LogP contribution >= 0.6 is 0 Å². The van der Waals surface area contributed by atoms with Crippen LogP contribution in [0.15, 0.2) is 48.5 Å². The van der Waals surface area contributed by atoms with Gasteiger partial charge in [-0.05, 0) is 54.4 Å². The third kappa shape index (κ3) is 1.82. The normalized spacial score (nSPS) is 10.9. The fraction of sp³-hybridized carbons (Fsp3) is 0.0667. The minimum absolute atomic E-state index is 0.208. The van der Waals surface area contributed by atoms with E-state index in [1.165, 1.54) is 23.1 Å². The van der Waals surface area contributed by atoms with E-state index >= 15 is 0 Å². The maximum Gasteiger partial charge on any atom is 0.123 e. The van der Waals surface area contributed by atoms with Crippen LogP contribution in [0.1, 0.15) is 5.56 Å². The second-order valence-electron chi connectivity index (χ2n) is 4.28. The van der Waals surface area contributed by atoms with Crippen molar-refractivity contribution in [1.29, 1.82) is 0 Å². The number of hydrogen-bond acceptors (Lipinski definition) is 0. The number of benzene rings is 2. The summed E-state index contributed by atoms with van der Waals surface area (Å²) < 4.78 is 12.8. The van der Waals surface area contributed by atoms with Gasteiger partial charge in [-0.2, -0.15) is 0 Å². The fourth-order valence-corrected chi connectivity index (χ4v) is 2.03. The number of halogens is 1. The van der Waals surface area contributed by atoms with Crippen molar-refractivity contribution < 1.29 is 4.39 Å². The Labute approximate surface area is 98.9 Å². The lowest BCUT2D eigenvalue weighted by Crippen LogP contribution is -1.78. The van der Waals surface area contributed by atoms with Gasteiger partial charge in [0.25, 0.3) is 0 Å². The van der Waals surface area contributed by atoms with Crippen LogP contribution in [-0.2, 0) is 0 Å². The molecule has 0 amide bonds. The summed E-state index contributed by atoms with van der Waals surface area (Å²) in [6, 6.07) is 14.9. The Hall–Kier alpha value is -2.09. The lowest BCUT2D eigenvalue weighted by molar-refractivity contribution is 0.628. The quantitative estimate of drug-likeness (QED) is 0.636. The Bertz CT molecular complexity index is 665. The molecule has 1 heterocycles. The van der Waals surface area contributed by atoms with Crippen molar-refractivity contribution in [3.8, 4) is 11.3 Å². The summed E-state index contributed by atoms with van der Waals surface area (Å²) in [6.07, 6.45) is 0. The summed E-state index contributed by atoms with van der Waals surface area (Å²) in [7, 11) is 0. The van der Waals surface area contributed by atoms with E-state index in [9.17, 15) is 4.39 Å². The number of fused-ring (bicyclic) bond motifs is 1. The highest BCUT2D eigenvalue weighted by molar-refractivity contribution is 5.86. The Kier molecular flexibility index (Phi) is 2.22. The molecule has 0 saturated heterocycles. The van der Waals surface area contributed by atoms with E-state index in [1.54, 1.807) is 12.1 Å². The molecule has 0 atom stereocenters. The third-order valence-corrected chi connectivity index (χ3v) is 2.93. The minimum Gasteiger partial charge on any atom is -0.355 e. The molecule has 3 rings (SSSR count). The number of nitrogens with one attached hydrogen (secondary N) is 1. The van der Waals surface area contributed by atoms with Crippen LogP contribution < -0.4 is 0 Å². The fourth-order valence-electron chi connectivity index (χ4n) is 2.03. The van der Waals surface area contributed by atoms with Gasteiger partial charge in [0.2, 0.25) is 0 Å². The first-order valence-corrected chi connectivity index (χ1v) is 5.58. The van der Waals surface area contributed by atoms with E-state index in [-0.39, 0.29) is 5.82 Å². The van der Waals surface area contributed by atoms with Gasteiger partial charge in [-0.15, -0.1) is 0 Å². The number of rotatable bonds is 1. The molecule has 0 aliphatic heterocycles. The largest absolute Gasteiger partial charge is 0.355 e. The van der Waals surface area contributed by atoms with Gasteiger partial charge < -0.3 is 4.98 Å². The summed E-state index contributed by atoms with van der Waals surface area (Å²) in [5.74, 6) is -0.208. The van der Waals surface area contributed by atoms with Crippen molar-refractivity contribution >= 4 is 10.9 Å². The van der Waals surface area contributed by atoms with Crippen LogP contribution in [0.25, 0.3) is 22.2 Å². The van der Waals surface area contributed by atoms with Crippen molar-refractivity contribution in [2.45, 2.75) is 6.92 Å². The first kappa shape index (κ1) is 10.1. The van der Waals surface area contributed by atoms with E-state index in [4.69, 9.17) is 0 Å². The zero-order chi connectivity index (χ0) is 11.8. The summed E-state index contributed by atoms with van der Waals surface area (Å²) in [5, 5.41) is 1.18. The number of hydrogen-bond donors (Lipinski definition) is 1. The number of aryl methyl sites for hydroxylation is 1. The van der Waals surface area contributed by atoms with Gasteiger partial charge in [-0.3, -0.25) is 0 Å². The highest BCUT2D eigenvalue weighted by Crippen LogP contribution is 2.24. The maximum absolute atomic E-state index is 12.8. The molecule has 0 radical (unpaired) electrons. The second-order valence-corrected chi connectivity index (χ2v) is 4.28. The van der Waals surface area contributed by atoms with Gasteiger partial charge in [0.05, 0.1) is 0 Å². The molecule has 17 heavy (non-hydrogen) atoms. The Balaban J connectivity index is 2.14. The molecule has 3 aromatic rings. The van der Waals surface area contributed by atoms with E-state index in [2.05, 4.69) is 36.2 Å². The zero-order valence-corrected chi connectivity index (χ0v) is 9.50. The van der Waals surface area contributed by atoms with Gasteiger partial charge in [-0.25, -0.2) is 4.39 Å². The molecule has 0 fully saturated rings. The number of aromatic nitrogens is 1. The molecule has 0 aliphatic rings. The molecule has 1 nitrogen and oxygen atoms in total. The van der Waals surface area contributed by atoms with Crippen molar-refractivity contribution in [2.24, 2.45) is 0 Å². The molecule has 1 N–H and O–H groups in total. The standard InChI is InChI=1S/C15H12FN/c1-10-2-3-12-9-15(17-14(12)8-10)11-4-6-13(16)7-5-11/h2-9,17H,1H3. The molecular weight excluding hydrogens is 213 g/mol. The van der Waals surface area contributed by atoms with Gasteiger partial charge in [-0.1, -0.05) is 12.1 Å². The van der Waals surface area contributed by atoms with Crippen LogP contribution in [0.3, 0.4) is 0 Å². The molecule has 0 aliphatic carbocycles. The molecule has 1 aromatic heterocycles. The molecule has 0 unspecified atom stereocenters. The lowest BCUT2D eigenvalue weighted by Gasteiger charge is -1.96. The maximum atomic E-state index is 12.8. The third-order valence-electron chi connectivity index (χ3n) is 2.93. The minimum atomic E-state index is -0.208. The summed E-state index contributed by atoms with van der Waals surface area (Å²) >= 11 is 0. The Morgan fingerprint density at radius 2 is 1.71 bits per heavy atom. The van der Waals surface area contributed by atoms with E-state index in [0.29, 0.717) is 0 Å². The Morgan fingerprint density at radius 1 is 0.941 bits per heavy atom. The molecule has 2 aromatic carbocycles. The van der Waals surface area contributed by atoms with Crippen LogP contribution in [0.4, 0.5) is 4.39 Å². The van der Waals surface area contributed by atoms with Crippen LogP contribution in [0, 0.1) is 12.7 Å². The number of H-pyrrole nitrogens is 1. The smallest absolute Gasteiger partial charge is 0.123 e. The SMILES string of the molecule is Cc1ccc2cc(-c3ccc(F)cc3)[nH]c2c1. The molecule has 84 valence electrons. The topological polar surface area (TPSA) is 15.8 Å². The molecule has 0 bridgehead atoms. The average molecular weight is 225 g/mol. The average Bonchev–Trinajstić information content (AvgIpc) is 2.72. The van der Waals surface area contributed by atoms with Gasteiger partial charge in [0.1, 0.15) is 5.82 Å². The van der Waals surface area contributed by atoms with E-state index in [1.807, 2.05) is 0 Å². The summed E-state index contributed by atoms with van der Waals surface area (Å²) in [4.78, 5) is 3.35. The van der Waals surface area contributed by atoms with Crippen molar-refractivity contribution in [1.82, 2.24) is 4.98 Å². The predicted octanol–water partition coefficient (Wildman–Crippen LogP) is 4.28. The van der Waals surface area contributed by atoms with Gasteiger partial charge in [0, 0.05) is 16.6 Å². The first-order chi connectivity index (χ1) is 8.22. The summed E-state index contributed by atoms with van der Waals surface area (Å²) in [6.45, 7) is 2.07. The van der Waals surface area contributed by atoms with Crippen molar-refractivity contribution in [2.75, 3.05) is 0 Å². The lowest BCUT2D eigenvalue weighted by atomic mass is 10.1. The first-order valence-electron chi connectivity index (χ1n) is 5.58. The van der Waals surface area contributed by atoms with Crippen molar-refractivity contribution in [3.05, 3.63) is 59.9 Å². The molecule has 2 heteroatoms. The number of aromatic amines is 1. The van der Waals surface area contributed by atoms with Crippen LogP contribution in [0.2, 0.25) is 0 Å². The second kappa shape index (κ2) is 3.74. The highest BCUT2D eigenvalue weighted by Gasteiger charge is 2.03. The van der Waals surface area contributed by atoms with E-state index in [0.717, 1.165) is 16.8 Å². The molecular formula is C15H12FN. The monoisotopic (exact) mass is 225 g/mol. The van der Waals surface area contributed by atoms with Crippen molar-refractivity contribution in [3.63, 3.8) is 0 Å². The van der Waals surface area contributed by atoms with Crippen LogP contribution in [-0.4, -0.2) is 4.98 Å².